The van der Waals surface area contributed by atoms with Gasteiger partial charge >= 0.3 is 6.18 Å². The first-order chi connectivity index (χ1) is 17.2. The summed E-state index contributed by atoms with van der Waals surface area (Å²) in [6.07, 6.45) is -1.60. The summed E-state index contributed by atoms with van der Waals surface area (Å²) in [6, 6.07) is 4.05. The number of nitrogens with zero attached hydrogens (tertiary/aromatic N) is 3. The van der Waals surface area contributed by atoms with Crippen LogP contribution in [0.15, 0.2) is 18.2 Å². The van der Waals surface area contributed by atoms with Crippen LogP contribution in [0, 0.1) is 0 Å². The van der Waals surface area contributed by atoms with Crippen LogP contribution in [0.1, 0.15) is 54.4 Å². The molecule has 1 aromatic carbocycles. The smallest absolute Gasteiger partial charge is 0.393 e. The van der Waals surface area contributed by atoms with Crippen molar-refractivity contribution < 1.29 is 23.1 Å². The standard InChI is InChI=1S/C24H32F3N7O2/c1-2-18-22(30-14-3-6-16(35)7-4-14)33-23(20(32-18)21(28)36)31-15-5-8-19(17(13-15)24(25,26)27)34-11-9-29-10-12-34/h5,8,13-14,16,29,35H,2-4,6-7,9-12H2,1H3,(H2,28,36)(H2,30,31,33)/t14-,16-. The summed E-state index contributed by atoms with van der Waals surface area (Å²) in [4.78, 5) is 22.8. The Morgan fingerprint density at radius 1 is 1.17 bits per heavy atom. The number of rotatable bonds is 7. The number of benzene rings is 1. The van der Waals surface area contributed by atoms with Crippen LogP contribution in [0.5, 0.6) is 0 Å². The van der Waals surface area contributed by atoms with Crippen molar-refractivity contribution in [3.05, 3.63) is 35.2 Å². The van der Waals surface area contributed by atoms with E-state index in [1.165, 1.54) is 12.1 Å². The predicted octanol–water partition coefficient (Wildman–Crippen LogP) is 3.03. The number of carbonyl (C=O) groups excluding carboxylic acids is 1. The molecule has 6 N–H and O–H groups in total. The molecule has 1 aromatic heterocycles. The van der Waals surface area contributed by atoms with Crippen molar-refractivity contribution in [2.75, 3.05) is 41.7 Å². The fourth-order valence-corrected chi connectivity index (χ4v) is 4.66. The Morgan fingerprint density at radius 2 is 1.86 bits per heavy atom. The molecule has 2 fully saturated rings. The summed E-state index contributed by atoms with van der Waals surface area (Å²) in [6.45, 7) is 4.02. The zero-order valence-electron chi connectivity index (χ0n) is 20.2. The van der Waals surface area contributed by atoms with Crippen molar-refractivity contribution in [2.24, 2.45) is 5.73 Å². The van der Waals surface area contributed by atoms with Crippen LogP contribution in [0.25, 0.3) is 0 Å². The lowest BCUT2D eigenvalue weighted by Crippen LogP contribution is -2.44. The van der Waals surface area contributed by atoms with Crippen LogP contribution in [-0.4, -0.2) is 59.3 Å². The minimum absolute atomic E-state index is 0.0129. The van der Waals surface area contributed by atoms with Gasteiger partial charge in [0.15, 0.2) is 11.5 Å². The fourth-order valence-electron chi connectivity index (χ4n) is 4.66. The second-order valence-electron chi connectivity index (χ2n) is 9.18. The molecule has 1 saturated carbocycles. The van der Waals surface area contributed by atoms with E-state index in [0.29, 0.717) is 57.0 Å². The zero-order valence-corrected chi connectivity index (χ0v) is 20.2. The summed E-state index contributed by atoms with van der Waals surface area (Å²) >= 11 is 0. The number of alkyl halides is 3. The molecule has 0 spiro atoms. The molecule has 9 nitrogen and oxygen atoms in total. The number of nitrogens with one attached hydrogen (secondary N) is 3. The highest BCUT2D eigenvalue weighted by Crippen LogP contribution is 2.39. The van der Waals surface area contributed by atoms with Crippen molar-refractivity contribution in [2.45, 2.75) is 57.3 Å². The van der Waals surface area contributed by atoms with Crippen LogP contribution in [-0.2, 0) is 12.6 Å². The maximum absolute atomic E-state index is 14.0. The minimum atomic E-state index is -4.57. The van der Waals surface area contributed by atoms with Gasteiger partial charge in [0.05, 0.1) is 17.4 Å². The Labute approximate surface area is 207 Å². The van der Waals surface area contributed by atoms with Gasteiger partial charge in [-0.15, -0.1) is 0 Å². The minimum Gasteiger partial charge on any atom is -0.393 e. The van der Waals surface area contributed by atoms with Crippen molar-refractivity contribution in [3.8, 4) is 0 Å². The Morgan fingerprint density at radius 3 is 2.47 bits per heavy atom. The molecule has 2 heterocycles. The number of nitrogens with two attached hydrogens (primary N) is 1. The van der Waals surface area contributed by atoms with Crippen LogP contribution >= 0.6 is 0 Å². The molecule has 1 aliphatic heterocycles. The lowest BCUT2D eigenvalue weighted by molar-refractivity contribution is -0.137. The number of anilines is 4. The third-order valence-corrected chi connectivity index (χ3v) is 6.60. The Balaban J connectivity index is 1.67. The highest BCUT2D eigenvalue weighted by molar-refractivity contribution is 5.96. The van der Waals surface area contributed by atoms with Crippen LogP contribution in [0.3, 0.4) is 0 Å². The molecular formula is C24H32F3N7O2. The lowest BCUT2D eigenvalue weighted by atomic mass is 9.93. The molecule has 196 valence electrons. The number of halogens is 3. The largest absolute Gasteiger partial charge is 0.418 e. The predicted molar refractivity (Wildman–Crippen MR) is 132 cm³/mol. The van der Waals surface area contributed by atoms with E-state index >= 15 is 0 Å². The second-order valence-corrected chi connectivity index (χ2v) is 9.18. The normalized spacial score (nSPS) is 20.8. The van der Waals surface area contributed by atoms with Gasteiger partial charge in [0.25, 0.3) is 5.91 Å². The molecule has 1 saturated heterocycles. The summed E-state index contributed by atoms with van der Waals surface area (Å²) < 4.78 is 41.9. The number of aryl methyl sites for hydroxylation is 1. The van der Waals surface area contributed by atoms with Gasteiger partial charge in [0.1, 0.15) is 5.82 Å². The summed E-state index contributed by atoms with van der Waals surface area (Å²) in [7, 11) is 0. The topological polar surface area (TPSA) is 128 Å². The maximum Gasteiger partial charge on any atom is 0.418 e. The highest BCUT2D eigenvalue weighted by Gasteiger charge is 2.35. The van der Waals surface area contributed by atoms with Crippen molar-refractivity contribution in [3.63, 3.8) is 0 Å². The zero-order chi connectivity index (χ0) is 25.9. The molecule has 0 radical (unpaired) electrons. The number of aliphatic hydroxyl groups is 1. The molecule has 0 unspecified atom stereocenters. The van der Waals surface area contributed by atoms with E-state index in [-0.39, 0.29) is 35.0 Å². The molecular weight excluding hydrogens is 475 g/mol. The molecule has 12 heteroatoms. The van der Waals surface area contributed by atoms with E-state index in [9.17, 15) is 23.1 Å². The van der Waals surface area contributed by atoms with Crippen LogP contribution in [0.4, 0.5) is 36.2 Å². The molecule has 4 rings (SSSR count). The first-order valence-electron chi connectivity index (χ1n) is 12.2. The first-order valence-corrected chi connectivity index (χ1v) is 12.2. The Kier molecular flexibility index (Phi) is 7.84. The number of aliphatic hydroxyl groups excluding tert-OH is 1. The summed E-state index contributed by atoms with van der Waals surface area (Å²) in [5.74, 6) is -0.401. The monoisotopic (exact) mass is 507 g/mol. The third-order valence-electron chi connectivity index (χ3n) is 6.60. The number of amides is 1. The van der Waals surface area contributed by atoms with Crippen molar-refractivity contribution >= 4 is 28.9 Å². The Hall–Kier alpha value is -3.12. The van der Waals surface area contributed by atoms with Gasteiger partial charge in [-0.2, -0.15) is 13.2 Å². The van der Waals surface area contributed by atoms with E-state index in [1.807, 2.05) is 6.92 Å². The molecule has 2 aromatic rings. The molecule has 0 bridgehead atoms. The van der Waals surface area contributed by atoms with Gasteiger partial charge < -0.3 is 31.7 Å². The number of hydrogen-bond acceptors (Lipinski definition) is 8. The van der Waals surface area contributed by atoms with Gasteiger partial charge in [-0.1, -0.05) is 6.92 Å². The van der Waals surface area contributed by atoms with Crippen molar-refractivity contribution in [1.82, 2.24) is 15.3 Å². The number of piperazine rings is 1. The average Bonchev–Trinajstić information content (AvgIpc) is 2.85. The van der Waals surface area contributed by atoms with Gasteiger partial charge in [-0.3, -0.25) is 4.79 Å². The van der Waals surface area contributed by atoms with E-state index in [2.05, 4.69) is 25.9 Å². The lowest BCUT2D eigenvalue weighted by Gasteiger charge is -2.31. The second kappa shape index (κ2) is 10.9. The van der Waals surface area contributed by atoms with Crippen LogP contribution < -0.4 is 26.6 Å². The van der Waals surface area contributed by atoms with E-state index < -0.39 is 17.6 Å². The quantitative estimate of drug-likeness (QED) is 0.387. The van der Waals surface area contributed by atoms with Gasteiger partial charge in [-0.25, -0.2) is 9.97 Å². The SMILES string of the molecule is CCc1nc(C(N)=O)c(Nc2ccc(N3CCNCC3)c(C(F)(F)F)c2)nc1N[C@H]1CC[C@H](O)CC1. The first kappa shape index (κ1) is 26.0. The molecule has 36 heavy (non-hydrogen) atoms. The van der Waals surface area contributed by atoms with Crippen molar-refractivity contribution in [1.29, 1.82) is 0 Å². The number of carbonyl (C=O) groups is 1. The fraction of sp³-hybridized carbons (Fsp3) is 0.542. The third kappa shape index (κ3) is 5.98. The summed E-state index contributed by atoms with van der Waals surface area (Å²) in [5.41, 5.74) is 5.39. The number of primary amides is 1. The van der Waals surface area contributed by atoms with E-state index in [1.54, 1.807) is 4.90 Å². The van der Waals surface area contributed by atoms with Gasteiger partial charge in [-0.05, 0) is 50.3 Å². The van der Waals surface area contributed by atoms with E-state index in [4.69, 9.17) is 5.73 Å². The number of aromatic nitrogens is 2. The number of hydrogen-bond donors (Lipinski definition) is 5. The maximum atomic E-state index is 14.0. The van der Waals surface area contributed by atoms with Gasteiger partial charge in [0, 0.05) is 43.6 Å². The highest BCUT2D eigenvalue weighted by atomic mass is 19.4. The molecule has 1 aliphatic carbocycles. The van der Waals surface area contributed by atoms with Gasteiger partial charge in [0.2, 0.25) is 0 Å². The summed E-state index contributed by atoms with van der Waals surface area (Å²) in [5, 5.41) is 19.1. The van der Waals surface area contributed by atoms with E-state index in [0.717, 1.165) is 18.9 Å². The molecule has 0 atom stereocenters. The van der Waals surface area contributed by atoms with Crippen LogP contribution in [0.2, 0.25) is 0 Å². The Bertz CT molecular complexity index is 1080. The average molecular weight is 508 g/mol. The molecule has 1 amide bonds. The molecule has 2 aliphatic rings.